The third-order valence-electron chi connectivity index (χ3n) is 1.79. The Labute approximate surface area is 83.9 Å². The molecular weight excluding hydrogens is 217 g/mol. The lowest BCUT2D eigenvalue weighted by atomic mass is 10.0. The number of nitrogens with zero attached hydrogens (tertiary/aromatic N) is 1. The maximum Gasteiger partial charge on any atom is 0.246 e. The van der Waals surface area contributed by atoms with Gasteiger partial charge in [0.2, 0.25) is 12.4 Å². The van der Waals surface area contributed by atoms with Crippen LogP contribution in [0.5, 0.6) is 0 Å². The molecule has 0 saturated carbocycles. The zero-order valence-electron chi connectivity index (χ0n) is 7.05. The quantitative estimate of drug-likeness (QED) is 0.800. The largest absolute Gasteiger partial charge is 0.330 e. The standard InChI is InChI=1S/C8H8ClF3N2/c9-4-1-5(8(12)14-3-4)6(2-13)7(10)11/h1,3,6-7H,2,13H2. The van der Waals surface area contributed by atoms with Gasteiger partial charge in [-0.1, -0.05) is 11.6 Å². The van der Waals surface area contributed by atoms with E-state index in [0.717, 1.165) is 12.3 Å². The second-order valence-corrected chi connectivity index (χ2v) is 3.15. The molecule has 1 aromatic heterocycles. The highest BCUT2D eigenvalue weighted by Gasteiger charge is 2.24. The summed E-state index contributed by atoms with van der Waals surface area (Å²) >= 11 is 5.51. The predicted octanol–water partition coefficient (Wildman–Crippen LogP) is 2.18. The van der Waals surface area contributed by atoms with Crippen LogP contribution in [0, 0.1) is 5.95 Å². The number of hydrogen-bond donors (Lipinski definition) is 1. The topological polar surface area (TPSA) is 38.9 Å². The fourth-order valence-corrected chi connectivity index (χ4v) is 1.23. The molecule has 0 amide bonds. The second kappa shape index (κ2) is 4.61. The monoisotopic (exact) mass is 224 g/mol. The van der Waals surface area contributed by atoms with E-state index >= 15 is 0 Å². The van der Waals surface area contributed by atoms with Crippen LogP contribution in [0.2, 0.25) is 5.02 Å². The number of hydrogen-bond acceptors (Lipinski definition) is 2. The average molecular weight is 225 g/mol. The zero-order chi connectivity index (χ0) is 10.7. The Kier molecular flexibility index (Phi) is 3.71. The molecule has 1 atom stereocenters. The van der Waals surface area contributed by atoms with Gasteiger partial charge in [-0.3, -0.25) is 0 Å². The molecule has 1 unspecified atom stereocenters. The van der Waals surface area contributed by atoms with E-state index in [1.165, 1.54) is 0 Å². The first-order valence-corrected chi connectivity index (χ1v) is 4.23. The Morgan fingerprint density at radius 2 is 2.14 bits per heavy atom. The van der Waals surface area contributed by atoms with E-state index in [2.05, 4.69) is 4.98 Å². The molecular formula is C8H8ClF3N2. The summed E-state index contributed by atoms with van der Waals surface area (Å²) < 4.78 is 37.8. The first kappa shape index (κ1) is 11.3. The smallest absolute Gasteiger partial charge is 0.246 e. The lowest BCUT2D eigenvalue weighted by molar-refractivity contribution is 0.115. The van der Waals surface area contributed by atoms with Crippen molar-refractivity contribution in [3.05, 3.63) is 28.8 Å². The van der Waals surface area contributed by atoms with Gasteiger partial charge in [0.1, 0.15) is 0 Å². The van der Waals surface area contributed by atoms with E-state index in [9.17, 15) is 13.2 Å². The van der Waals surface area contributed by atoms with Crippen LogP contribution < -0.4 is 5.73 Å². The van der Waals surface area contributed by atoms with Gasteiger partial charge in [0.05, 0.1) is 10.9 Å². The highest BCUT2D eigenvalue weighted by atomic mass is 35.5. The molecule has 14 heavy (non-hydrogen) atoms. The molecule has 0 aliphatic heterocycles. The van der Waals surface area contributed by atoms with Crippen LogP contribution in [0.1, 0.15) is 11.5 Å². The predicted molar refractivity (Wildman–Crippen MR) is 47.0 cm³/mol. The third kappa shape index (κ3) is 2.36. The number of halogens is 4. The first-order valence-electron chi connectivity index (χ1n) is 3.85. The molecule has 1 rings (SSSR count). The van der Waals surface area contributed by atoms with Crippen LogP contribution in [0.25, 0.3) is 0 Å². The summed E-state index contributed by atoms with van der Waals surface area (Å²) in [5.74, 6) is -2.31. The lowest BCUT2D eigenvalue weighted by Gasteiger charge is -2.14. The Morgan fingerprint density at radius 1 is 1.50 bits per heavy atom. The van der Waals surface area contributed by atoms with E-state index in [0.29, 0.717) is 0 Å². The minimum Gasteiger partial charge on any atom is -0.330 e. The number of alkyl halides is 2. The van der Waals surface area contributed by atoms with Gasteiger partial charge in [0, 0.05) is 18.3 Å². The van der Waals surface area contributed by atoms with Crippen molar-refractivity contribution in [2.45, 2.75) is 12.3 Å². The van der Waals surface area contributed by atoms with Gasteiger partial charge >= 0.3 is 0 Å². The average Bonchev–Trinajstić information content (AvgIpc) is 2.11. The molecule has 2 N–H and O–H groups in total. The van der Waals surface area contributed by atoms with Gasteiger partial charge in [-0.2, -0.15) is 4.39 Å². The first-order chi connectivity index (χ1) is 6.56. The molecule has 1 aromatic rings. The Morgan fingerprint density at radius 3 is 2.64 bits per heavy atom. The maximum atomic E-state index is 13.0. The Hall–Kier alpha value is -0.810. The van der Waals surface area contributed by atoms with Crippen molar-refractivity contribution in [3.63, 3.8) is 0 Å². The van der Waals surface area contributed by atoms with E-state index < -0.39 is 18.3 Å². The highest BCUT2D eigenvalue weighted by Crippen LogP contribution is 2.25. The Balaban J connectivity index is 3.08. The van der Waals surface area contributed by atoms with Crippen molar-refractivity contribution < 1.29 is 13.2 Å². The summed E-state index contributed by atoms with van der Waals surface area (Å²) in [5.41, 5.74) is 4.87. The van der Waals surface area contributed by atoms with Gasteiger partial charge in [-0.25, -0.2) is 13.8 Å². The minimum atomic E-state index is -2.73. The molecule has 2 nitrogen and oxygen atoms in total. The molecule has 78 valence electrons. The van der Waals surface area contributed by atoms with Crippen LogP contribution in [0.4, 0.5) is 13.2 Å². The summed E-state index contributed by atoms with van der Waals surface area (Å²) in [5, 5.41) is 0.112. The van der Waals surface area contributed by atoms with Crippen molar-refractivity contribution in [1.82, 2.24) is 4.98 Å². The Bertz CT molecular complexity index is 319. The SMILES string of the molecule is NCC(c1cc(Cl)cnc1F)C(F)F. The summed E-state index contributed by atoms with van der Waals surface area (Å²) in [6.07, 6.45) is -1.67. The van der Waals surface area contributed by atoms with E-state index in [1.807, 2.05) is 0 Å². The van der Waals surface area contributed by atoms with E-state index in [4.69, 9.17) is 17.3 Å². The van der Waals surface area contributed by atoms with Crippen LogP contribution in [0.3, 0.4) is 0 Å². The maximum absolute atomic E-state index is 13.0. The molecule has 1 heterocycles. The molecule has 0 aromatic carbocycles. The van der Waals surface area contributed by atoms with Crippen LogP contribution in [-0.4, -0.2) is 18.0 Å². The van der Waals surface area contributed by atoms with Gasteiger partial charge in [0.15, 0.2) is 0 Å². The number of aromatic nitrogens is 1. The second-order valence-electron chi connectivity index (χ2n) is 2.71. The summed E-state index contributed by atoms with van der Waals surface area (Å²) in [4.78, 5) is 3.24. The van der Waals surface area contributed by atoms with Crippen LogP contribution >= 0.6 is 11.6 Å². The molecule has 0 aliphatic carbocycles. The molecule has 0 aliphatic rings. The molecule has 6 heteroatoms. The summed E-state index contributed by atoms with van der Waals surface area (Å²) in [6.45, 7) is -0.351. The fourth-order valence-electron chi connectivity index (χ4n) is 1.06. The molecule has 0 spiro atoms. The van der Waals surface area contributed by atoms with Gasteiger partial charge in [-0.05, 0) is 6.07 Å². The molecule has 0 saturated heterocycles. The van der Waals surface area contributed by atoms with Gasteiger partial charge < -0.3 is 5.73 Å². The number of nitrogens with two attached hydrogens (primary N) is 1. The fraction of sp³-hybridized carbons (Fsp3) is 0.375. The van der Waals surface area contributed by atoms with E-state index in [-0.39, 0.29) is 17.1 Å². The zero-order valence-corrected chi connectivity index (χ0v) is 7.81. The number of rotatable bonds is 3. The molecule has 0 bridgehead atoms. The van der Waals surface area contributed by atoms with Crippen molar-refractivity contribution in [1.29, 1.82) is 0 Å². The summed E-state index contributed by atoms with van der Waals surface area (Å²) in [7, 11) is 0. The van der Waals surface area contributed by atoms with Gasteiger partial charge in [0.25, 0.3) is 0 Å². The molecule has 0 fully saturated rings. The van der Waals surface area contributed by atoms with Gasteiger partial charge in [-0.15, -0.1) is 0 Å². The van der Waals surface area contributed by atoms with Crippen molar-refractivity contribution >= 4 is 11.6 Å². The normalized spacial score (nSPS) is 13.3. The number of pyridine rings is 1. The van der Waals surface area contributed by atoms with Crippen molar-refractivity contribution in [2.24, 2.45) is 5.73 Å². The summed E-state index contributed by atoms with van der Waals surface area (Å²) in [6, 6.07) is 1.12. The lowest BCUT2D eigenvalue weighted by Crippen LogP contribution is -2.21. The minimum absolute atomic E-state index is 0.112. The third-order valence-corrected chi connectivity index (χ3v) is 2.00. The molecule has 0 radical (unpaired) electrons. The van der Waals surface area contributed by atoms with Crippen LogP contribution in [0.15, 0.2) is 12.3 Å². The van der Waals surface area contributed by atoms with Crippen LogP contribution in [-0.2, 0) is 0 Å². The van der Waals surface area contributed by atoms with Crippen molar-refractivity contribution in [2.75, 3.05) is 6.54 Å². The highest BCUT2D eigenvalue weighted by molar-refractivity contribution is 6.30. The van der Waals surface area contributed by atoms with E-state index in [1.54, 1.807) is 0 Å². The van der Waals surface area contributed by atoms with Crippen molar-refractivity contribution in [3.8, 4) is 0 Å².